The molecule has 0 heterocycles. The average molecular weight is 221 g/mol. The number of carbonyl (C=O) groups is 2. The normalized spacial score (nSPS) is 9.62. The zero-order valence-electron chi connectivity index (χ0n) is 9.45. The van der Waals surface area contributed by atoms with Gasteiger partial charge in [0.05, 0.1) is 0 Å². The molecule has 0 unspecified atom stereocenters. The number of hydrogen-bond acceptors (Lipinski definition) is 3. The van der Waals surface area contributed by atoms with Gasteiger partial charge >= 0.3 is 5.97 Å². The lowest BCUT2D eigenvalue weighted by molar-refractivity contribution is -0.134. The molecule has 0 radical (unpaired) electrons. The number of ether oxygens (including phenoxy) is 1. The zero-order chi connectivity index (χ0) is 12.0. The molecule has 16 heavy (non-hydrogen) atoms. The Labute approximate surface area is 94.6 Å². The van der Waals surface area contributed by atoms with Crippen molar-refractivity contribution in [1.82, 2.24) is 0 Å². The van der Waals surface area contributed by atoms with Crippen LogP contribution in [-0.2, 0) is 9.59 Å². The smallest absolute Gasteiger partial charge is 0.311 e. The predicted octanol–water partition coefficient (Wildman–Crippen LogP) is 2.35. The second kappa shape index (κ2) is 5.90. The topological polar surface area (TPSA) is 55.4 Å². The van der Waals surface area contributed by atoms with Crippen molar-refractivity contribution in [2.75, 3.05) is 5.32 Å². The molecule has 1 aromatic rings. The lowest BCUT2D eigenvalue weighted by atomic mass is 10.3. The fraction of sp³-hybridized carbons (Fsp3) is 0.333. The second-order valence-electron chi connectivity index (χ2n) is 3.43. The Morgan fingerprint density at radius 1 is 1.25 bits per heavy atom. The molecule has 1 N–H and O–H groups in total. The fourth-order valence-corrected chi connectivity index (χ4v) is 1.20. The summed E-state index contributed by atoms with van der Waals surface area (Å²) in [5, 5.41) is 2.63. The van der Waals surface area contributed by atoms with Crippen LogP contribution in [0, 0.1) is 0 Å². The minimum atomic E-state index is -0.241. The van der Waals surface area contributed by atoms with Gasteiger partial charge in [0.15, 0.2) is 0 Å². The summed E-state index contributed by atoms with van der Waals surface area (Å²) in [5.41, 5.74) is 0.683. The monoisotopic (exact) mass is 221 g/mol. The number of carbonyl (C=O) groups excluding carboxylic acids is 2. The molecule has 0 aliphatic rings. The summed E-state index contributed by atoms with van der Waals surface area (Å²) in [5.74, 6) is 0.123. The molecular weight excluding hydrogens is 206 g/mol. The number of anilines is 1. The molecular formula is C12H15NO3. The largest absolute Gasteiger partial charge is 0.427 e. The van der Waals surface area contributed by atoms with Crippen LogP contribution in [0.5, 0.6) is 5.75 Å². The summed E-state index contributed by atoms with van der Waals surface area (Å²) >= 11 is 0. The van der Waals surface area contributed by atoms with Crippen molar-refractivity contribution >= 4 is 17.6 Å². The number of hydrogen-bond donors (Lipinski definition) is 1. The summed E-state index contributed by atoms with van der Waals surface area (Å²) < 4.78 is 5.06. The van der Waals surface area contributed by atoms with E-state index in [0.717, 1.165) is 6.42 Å². The fourth-order valence-electron chi connectivity index (χ4n) is 1.20. The first kappa shape index (κ1) is 12.2. The van der Waals surface area contributed by atoms with Crippen molar-refractivity contribution in [3.05, 3.63) is 24.3 Å². The van der Waals surface area contributed by atoms with E-state index in [-0.39, 0.29) is 11.9 Å². The Balaban J connectivity index is 2.57. The maximum Gasteiger partial charge on any atom is 0.311 e. The maximum atomic E-state index is 11.2. The summed E-state index contributed by atoms with van der Waals surface area (Å²) in [6.07, 6.45) is 1.18. The van der Waals surface area contributed by atoms with Gasteiger partial charge in [0.25, 0.3) is 0 Å². The number of amides is 1. The lowest BCUT2D eigenvalue weighted by Gasteiger charge is -2.05. The van der Waals surface area contributed by atoms with Gasteiger partial charge in [0.1, 0.15) is 5.75 Å². The molecule has 4 heteroatoms. The van der Waals surface area contributed by atoms with E-state index < -0.39 is 0 Å². The summed E-state index contributed by atoms with van der Waals surface area (Å²) in [6.45, 7) is 3.36. The van der Waals surface area contributed by atoms with E-state index in [9.17, 15) is 9.59 Å². The highest BCUT2D eigenvalue weighted by atomic mass is 16.5. The molecule has 0 saturated heterocycles. The number of esters is 1. The SMILES string of the molecule is CCCC(=O)Oc1ccc(NC(C)=O)cc1. The number of rotatable bonds is 4. The molecule has 86 valence electrons. The molecule has 0 bridgehead atoms. The van der Waals surface area contributed by atoms with E-state index in [0.29, 0.717) is 17.9 Å². The first-order valence-electron chi connectivity index (χ1n) is 5.20. The highest BCUT2D eigenvalue weighted by Crippen LogP contribution is 2.16. The first-order chi connectivity index (χ1) is 7.61. The van der Waals surface area contributed by atoms with E-state index in [2.05, 4.69) is 5.32 Å². The average Bonchev–Trinajstić information content (AvgIpc) is 2.20. The van der Waals surface area contributed by atoms with E-state index in [1.54, 1.807) is 24.3 Å². The van der Waals surface area contributed by atoms with Crippen molar-refractivity contribution in [2.45, 2.75) is 26.7 Å². The van der Waals surface area contributed by atoms with Gasteiger partial charge in [-0.25, -0.2) is 0 Å². The number of nitrogens with one attached hydrogen (secondary N) is 1. The van der Waals surface area contributed by atoms with Gasteiger partial charge in [-0.3, -0.25) is 9.59 Å². The highest BCUT2D eigenvalue weighted by Gasteiger charge is 2.03. The Kier molecular flexibility index (Phi) is 4.51. The lowest BCUT2D eigenvalue weighted by Crippen LogP contribution is -2.08. The second-order valence-corrected chi connectivity index (χ2v) is 3.43. The molecule has 0 aliphatic carbocycles. The van der Waals surface area contributed by atoms with Crippen LogP contribution in [0.4, 0.5) is 5.69 Å². The summed E-state index contributed by atoms with van der Waals surface area (Å²) in [6, 6.07) is 6.68. The van der Waals surface area contributed by atoms with E-state index in [1.807, 2.05) is 6.92 Å². The molecule has 1 aromatic carbocycles. The van der Waals surface area contributed by atoms with Crippen LogP contribution >= 0.6 is 0 Å². The van der Waals surface area contributed by atoms with E-state index in [1.165, 1.54) is 6.92 Å². The molecule has 0 atom stereocenters. The highest BCUT2D eigenvalue weighted by molar-refractivity contribution is 5.88. The predicted molar refractivity (Wildman–Crippen MR) is 61.3 cm³/mol. The van der Waals surface area contributed by atoms with E-state index in [4.69, 9.17) is 4.74 Å². The van der Waals surface area contributed by atoms with E-state index >= 15 is 0 Å². The third-order valence-electron chi connectivity index (χ3n) is 1.86. The standard InChI is InChI=1S/C12H15NO3/c1-3-4-12(15)16-11-7-5-10(6-8-11)13-9(2)14/h5-8H,3-4H2,1-2H3,(H,13,14). The Morgan fingerprint density at radius 3 is 2.38 bits per heavy atom. The van der Waals surface area contributed by atoms with Gasteiger partial charge in [0, 0.05) is 19.0 Å². The van der Waals surface area contributed by atoms with Crippen LogP contribution in [0.3, 0.4) is 0 Å². The number of benzene rings is 1. The minimum Gasteiger partial charge on any atom is -0.427 e. The third kappa shape index (κ3) is 4.13. The minimum absolute atomic E-state index is 0.129. The Bertz CT molecular complexity index is 370. The molecule has 0 aliphatic heterocycles. The van der Waals surface area contributed by atoms with Gasteiger partial charge in [-0.15, -0.1) is 0 Å². The van der Waals surface area contributed by atoms with Crippen molar-refractivity contribution in [3.63, 3.8) is 0 Å². The van der Waals surface area contributed by atoms with Crippen LogP contribution in [0.15, 0.2) is 24.3 Å². The molecule has 0 fully saturated rings. The van der Waals surface area contributed by atoms with Crippen molar-refractivity contribution in [2.24, 2.45) is 0 Å². The zero-order valence-corrected chi connectivity index (χ0v) is 9.45. The molecule has 0 spiro atoms. The van der Waals surface area contributed by atoms with Gasteiger partial charge in [-0.2, -0.15) is 0 Å². The molecule has 1 rings (SSSR count). The van der Waals surface area contributed by atoms with Crippen molar-refractivity contribution in [1.29, 1.82) is 0 Å². The molecule has 4 nitrogen and oxygen atoms in total. The van der Waals surface area contributed by atoms with Crippen LogP contribution in [0.2, 0.25) is 0 Å². The van der Waals surface area contributed by atoms with Gasteiger partial charge < -0.3 is 10.1 Å². The van der Waals surface area contributed by atoms with Gasteiger partial charge in [-0.05, 0) is 30.7 Å². The summed E-state index contributed by atoms with van der Waals surface area (Å²) in [7, 11) is 0. The van der Waals surface area contributed by atoms with Crippen LogP contribution < -0.4 is 10.1 Å². The third-order valence-corrected chi connectivity index (χ3v) is 1.86. The van der Waals surface area contributed by atoms with Crippen LogP contribution in [0.1, 0.15) is 26.7 Å². The summed E-state index contributed by atoms with van der Waals surface area (Å²) in [4.78, 5) is 21.9. The Morgan fingerprint density at radius 2 is 1.88 bits per heavy atom. The Hall–Kier alpha value is -1.84. The van der Waals surface area contributed by atoms with Crippen LogP contribution in [-0.4, -0.2) is 11.9 Å². The first-order valence-corrected chi connectivity index (χ1v) is 5.20. The van der Waals surface area contributed by atoms with Gasteiger partial charge in [-0.1, -0.05) is 6.92 Å². The molecule has 0 aromatic heterocycles. The maximum absolute atomic E-state index is 11.2. The van der Waals surface area contributed by atoms with Crippen LogP contribution in [0.25, 0.3) is 0 Å². The van der Waals surface area contributed by atoms with Crippen molar-refractivity contribution < 1.29 is 14.3 Å². The molecule has 0 saturated carbocycles. The van der Waals surface area contributed by atoms with Gasteiger partial charge in [0.2, 0.25) is 5.91 Å². The van der Waals surface area contributed by atoms with Crippen molar-refractivity contribution in [3.8, 4) is 5.75 Å². The molecule has 1 amide bonds. The quantitative estimate of drug-likeness (QED) is 0.627.